The van der Waals surface area contributed by atoms with Gasteiger partial charge in [-0.1, -0.05) is 11.6 Å². The van der Waals surface area contributed by atoms with E-state index in [0.29, 0.717) is 5.02 Å². The molecule has 0 radical (unpaired) electrons. The number of carbonyl (C=O) groups excluding carboxylic acids is 1. The zero-order valence-electron chi connectivity index (χ0n) is 7.00. The first-order valence-corrected chi connectivity index (χ1v) is 5.19. The summed E-state index contributed by atoms with van der Waals surface area (Å²) in [7, 11) is 0. The predicted molar refractivity (Wildman–Crippen MR) is 55.4 cm³/mol. The number of rotatable bonds is 0. The quantitative estimate of drug-likeness (QED) is 0.718. The van der Waals surface area contributed by atoms with Crippen LogP contribution in [0.1, 0.15) is 6.92 Å². The van der Waals surface area contributed by atoms with Crippen LogP contribution < -0.4 is 5.32 Å². The molecule has 0 fully saturated rings. The van der Waals surface area contributed by atoms with Crippen molar-refractivity contribution in [2.24, 2.45) is 0 Å². The van der Waals surface area contributed by atoms with Crippen molar-refractivity contribution in [2.75, 3.05) is 5.32 Å². The van der Waals surface area contributed by atoms with E-state index in [1.165, 1.54) is 0 Å². The zero-order chi connectivity index (χ0) is 9.42. The third-order valence-electron chi connectivity index (χ3n) is 1.87. The molecule has 0 saturated carbocycles. The van der Waals surface area contributed by atoms with Crippen LogP contribution in [-0.4, -0.2) is 11.2 Å². The maximum atomic E-state index is 11.3. The van der Waals surface area contributed by atoms with Gasteiger partial charge in [0.2, 0.25) is 5.91 Å². The number of amides is 1. The Morgan fingerprint density at radius 1 is 1.54 bits per heavy atom. The second-order valence-electron chi connectivity index (χ2n) is 2.89. The van der Waals surface area contributed by atoms with Crippen LogP contribution in [-0.2, 0) is 4.79 Å². The first kappa shape index (κ1) is 8.91. The Labute approximate surface area is 85.7 Å². The van der Waals surface area contributed by atoms with Crippen LogP contribution in [0.3, 0.4) is 0 Å². The van der Waals surface area contributed by atoms with E-state index in [9.17, 15) is 4.79 Å². The van der Waals surface area contributed by atoms with Gasteiger partial charge in [-0.2, -0.15) is 0 Å². The summed E-state index contributed by atoms with van der Waals surface area (Å²) in [4.78, 5) is 12.4. The van der Waals surface area contributed by atoms with Crippen LogP contribution in [0, 0.1) is 0 Å². The van der Waals surface area contributed by atoms with Crippen molar-refractivity contribution < 1.29 is 4.79 Å². The number of hydrogen-bond acceptors (Lipinski definition) is 2. The third kappa shape index (κ3) is 1.67. The van der Waals surface area contributed by atoms with Crippen molar-refractivity contribution in [1.82, 2.24) is 0 Å². The van der Waals surface area contributed by atoms with Gasteiger partial charge in [-0.3, -0.25) is 4.79 Å². The summed E-state index contributed by atoms with van der Waals surface area (Å²) < 4.78 is 0. The lowest BCUT2D eigenvalue weighted by molar-refractivity contribution is -0.115. The van der Waals surface area contributed by atoms with Crippen LogP contribution in [0.5, 0.6) is 0 Å². The standard InChI is InChI=1S/C9H8ClNOS/c1-5-9(12)11-7-4-6(10)2-3-8(7)13-5/h2-5H,1H3,(H,11,12). The topological polar surface area (TPSA) is 29.1 Å². The van der Waals surface area contributed by atoms with E-state index < -0.39 is 0 Å². The van der Waals surface area contributed by atoms with Gasteiger partial charge >= 0.3 is 0 Å². The average Bonchev–Trinajstić information content (AvgIpc) is 2.08. The third-order valence-corrected chi connectivity index (χ3v) is 3.29. The summed E-state index contributed by atoms with van der Waals surface area (Å²) in [6.45, 7) is 1.89. The van der Waals surface area contributed by atoms with Gasteiger partial charge in [0, 0.05) is 9.92 Å². The minimum absolute atomic E-state index is 0.0197. The van der Waals surface area contributed by atoms with Crippen LogP contribution in [0.25, 0.3) is 0 Å². The number of fused-ring (bicyclic) bond motifs is 1. The highest BCUT2D eigenvalue weighted by molar-refractivity contribution is 8.00. The van der Waals surface area contributed by atoms with E-state index in [-0.39, 0.29) is 11.2 Å². The lowest BCUT2D eigenvalue weighted by Gasteiger charge is -2.21. The summed E-state index contributed by atoms with van der Waals surface area (Å²) in [5, 5.41) is 3.43. The highest BCUT2D eigenvalue weighted by Gasteiger charge is 2.22. The minimum Gasteiger partial charge on any atom is -0.324 e. The first-order chi connectivity index (χ1) is 6.16. The van der Waals surface area contributed by atoms with Crippen LogP contribution >= 0.6 is 23.4 Å². The zero-order valence-corrected chi connectivity index (χ0v) is 8.58. The molecule has 68 valence electrons. The molecule has 2 nitrogen and oxygen atoms in total. The molecule has 1 aliphatic heterocycles. The molecule has 0 bridgehead atoms. The van der Waals surface area contributed by atoms with Crippen LogP contribution in [0.4, 0.5) is 5.69 Å². The lowest BCUT2D eigenvalue weighted by atomic mass is 10.3. The van der Waals surface area contributed by atoms with Crippen molar-refractivity contribution in [3.63, 3.8) is 0 Å². The van der Waals surface area contributed by atoms with E-state index in [1.54, 1.807) is 17.8 Å². The Kier molecular flexibility index (Phi) is 2.22. The largest absolute Gasteiger partial charge is 0.324 e. The molecule has 1 aliphatic rings. The SMILES string of the molecule is CC1Sc2ccc(Cl)cc2NC1=O. The molecule has 1 heterocycles. The minimum atomic E-state index is -0.0197. The molecule has 1 unspecified atom stereocenters. The smallest absolute Gasteiger partial charge is 0.237 e. The highest BCUT2D eigenvalue weighted by atomic mass is 35.5. The molecule has 4 heteroatoms. The molecule has 1 aromatic rings. The summed E-state index contributed by atoms with van der Waals surface area (Å²) in [5.41, 5.74) is 0.820. The maximum absolute atomic E-state index is 11.3. The van der Waals surface area contributed by atoms with Gasteiger partial charge in [-0.25, -0.2) is 0 Å². The number of thioether (sulfide) groups is 1. The van der Waals surface area contributed by atoms with Crippen LogP contribution in [0.2, 0.25) is 5.02 Å². The van der Waals surface area contributed by atoms with Gasteiger partial charge in [-0.15, -0.1) is 11.8 Å². The van der Waals surface area contributed by atoms with Crippen molar-refractivity contribution in [3.8, 4) is 0 Å². The van der Waals surface area contributed by atoms with E-state index in [0.717, 1.165) is 10.6 Å². The molecule has 13 heavy (non-hydrogen) atoms. The second kappa shape index (κ2) is 3.24. The molecule has 1 aromatic carbocycles. The monoisotopic (exact) mass is 213 g/mol. The molecule has 2 rings (SSSR count). The Morgan fingerprint density at radius 2 is 2.31 bits per heavy atom. The molecule has 1 atom stereocenters. The summed E-state index contributed by atoms with van der Waals surface area (Å²) in [5.74, 6) is 0.0415. The second-order valence-corrected chi connectivity index (χ2v) is 4.71. The molecule has 1 N–H and O–H groups in total. The summed E-state index contributed by atoms with van der Waals surface area (Å²) >= 11 is 7.36. The molecular weight excluding hydrogens is 206 g/mol. The van der Waals surface area contributed by atoms with Crippen molar-refractivity contribution in [3.05, 3.63) is 23.2 Å². The van der Waals surface area contributed by atoms with E-state index in [1.807, 2.05) is 19.1 Å². The maximum Gasteiger partial charge on any atom is 0.237 e. The van der Waals surface area contributed by atoms with Gasteiger partial charge in [0.25, 0.3) is 0 Å². The highest BCUT2D eigenvalue weighted by Crippen LogP contribution is 2.36. The van der Waals surface area contributed by atoms with Gasteiger partial charge in [0.15, 0.2) is 0 Å². The lowest BCUT2D eigenvalue weighted by Crippen LogP contribution is -2.26. The van der Waals surface area contributed by atoms with Crippen molar-refractivity contribution in [1.29, 1.82) is 0 Å². The van der Waals surface area contributed by atoms with E-state index in [4.69, 9.17) is 11.6 Å². The Morgan fingerprint density at radius 3 is 3.08 bits per heavy atom. The Hall–Kier alpha value is -0.670. The molecular formula is C9H8ClNOS. The fourth-order valence-corrected chi connectivity index (χ4v) is 2.28. The number of hydrogen-bond donors (Lipinski definition) is 1. The van der Waals surface area contributed by atoms with Gasteiger partial charge in [0.1, 0.15) is 0 Å². The van der Waals surface area contributed by atoms with Crippen molar-refractivity contribution >= 4 is 35.0 Å². The Bertz CT molecular complexity index is 367. The average molecular weight is 214 g/mol. The predicted octanol–water partition coefficient (Wildman–Crippen LogP) is 2.77. The fraction of sp³-hybridized carbons (Fsp3) is 0.222. The number of nitrogens with one attached hydrogen (secondary N) is 1. The summed E-state index contributed by atoms with van der Waals surface area (Å²) in [6, 6.07) is 5.53. The summed E-state index contributed by atoms with van der Waals surface area (Å²) in [6.07, 6.45) is 0. The molecule has 0 spiro atoms. The molecule has 1 amide bonds. The van der Waals surface area contributed by atoms with E-state index >= 15 is 0 Å². The van der Waals surface area contributed by atoms with Crippen LogP contribution in [0.15, 0.2) is 23.1 Å². The normalized spacial score (nSPS) is 20.8. The van der Waals surface area contributed by atoms with Crippen molar-refractivity contribution in [2.45, 2.75) is 17.1 Å². The number of anilines is 1. The van der Waals surface area contributed by atoms with Gasteiger partial charge in [0.05, 0.1) is 10.9 Å². The number of carbonyl (C=O) groups is 1. The number of halogens is 1. The fourth-order valence-electron chi connectivity index (χ4n) is 1.18. The first-order valence-electron chi connectivity index (χ1n) is 3.94. The van der Waals surface area contributed by atoms with Gasteiger partial charge in [-0.05, 0) is 25.1 Å². The number of benzene rings is 1. The molecule has 0 aromatic heterocycles. The van der Waals surface area contributed by atoms with E-state index in [2.05, 4.69) is 5.32 Å². The molecule has 0 aliphatic carbocycles. The molecule has 0 saturated heterocycles. The van der Waals surface area contributed by atoms with Gasteiger partial charge < -0.3 is 5.32 Å². The Balaban J connectivity index is 2.42.